The van der Waals surface area contributed by atoms with Crippen LogP contribution in [0.1, 0.15) is 104 Å². The number of rotatable bonds is 22. The molecule has 2 fully saturated rings. The van der Waals surface area contributed by atoms with Crippen molar-refractivity contribution in [1.82, 2.24) is 51.7 Å². The normalized spacial score (nSPS) is 20.0. The van der Waals surface area contributed by atoms with Crippen LogP contribution in [0.3, 0.4) is 0 Å². The summed E-state index contributed by atoms with van der Waals surface area (Å²) >= 11 is 0. The van der Waals surface area contributed by atoms with Crippen molar-refractivity contribution in [3.63, 3.8) is 0 Å². The second-order valence-electron chi connectivity index (χ2n) is 21.2. The number of amides is 8. The van der Waals surface area contributed by atoms with Gasteiger partial charge in [-0.1, -0.05) is 44.2 Å². The number of benzene rings is 2. The minimum Gasteiger partial charge on any atom is -0.480 e. The molecule has 0 radical (unpaired) electrons. The third-order valence-electron chi connectivity index (χ3n) is 16.0. The number of aryl methyl sites for hydroxylation is 1. The monoisotopic (exact) mass is 1130 g/mol. The molecule has 4 aromatic rings. The van der Waals surface area contributed by atoms with Gasteiger partial charge in [-0.05, 0) is 80.2 Å². The number of halogens is 1. The van der Waals surface area contributed by atoms with Gasteiger partial charge < -0.3 is 61.5 Å². The van der Waals surface area contributed by atoms with Crippen LogP contribution >= 0.6 is 0 Å². The summed E-state index contributed by atoms with van der Waals surface area (Å²) in [5.41, 5.74) is 0.371. The molecule has 3 aliphatic heterocycles. The Morgan fingerprint density at radius 1 is 0.890 bits per heavy atom. The summed E-state index contributed by atoms with van der Waals surface area (Å²) in [6, 6.07) is 8.14. The van der Waals surface area contributed by atoms with Crippen LogP contribution in [0, 0.1) is 18.7 Å². The molecule has 2 aromatic carbocycles. The van der Waals surface area contributed by atoms with E-state index in [-0.39, 0.29) is 43.5 Å². The molecule has 1 saturated heterocycles. The van der Waals surface area contributed by atoms with Crippen molar-refractivity contribution < 1.29 is 72.0 Å². The number of aliphatic hydroxyl groups is 1. The first-order valence-electron chi connectivity index (χ1n) is 27.1. The Morgan fingerprint density at radius 3 is 2.27 bits per heavy atom. The van der Waals surface area contributed by atoms with Crippen LogP contribution in [0.2, 0.25) is 0 Å². The van der Waals surface area contributed by atoms with Gasteiger partial charge in [-0.15, -0.1) is 0 Å². The zero-order valence-electron chi connectivity index (χ0n) is 45.3. The van der Waals surface area contributed by atoms with E-state index in [2.05, 4.69) is 37.2 Å². The molecule has 1 unspecified atom stereocenters. The van der Waals surface area contributed by atoms with E-state index in [4.69, 9.17) is 19.6 Å². The van der Waals surface area contributed by atoms with Crippen LogP contribution in [0.4, 0.5) is 4.39 Å². The van der Waals surface area contributed by atoms with Gasteiger partial charge in [-0.25, -0.2) is 14.2 Å². The van der Waals surface area contributed by atoms with Crippen molar-refractivity contribution in [2.24, 2.45) is 5.92 Å². The maximum Gasteiger partial charge on any atom is 0.343 e. The average molecular weight is 1140 g/mol. The Labute approximate surface area is 467 Å². The smallest absolute Gasteiger partial charge is 0.343 e. The third-order valence-corrected chi connectivity index (χ3v) is 16.0. The molecule has 9 rings (SSSR count). The fourth-order valence-corrected chi connectivity index (χ4v) is 11.6. The van der Waals surface area contributed by atoms with Gasteiger partial charge in [0.1, 0.15) is 36.8 Å². The third kappa shape index (κ3) is 11.5. The highest BCUT2D eigenvalue weighted by atomic mass is 19.1. The minimum atomic E-state index is -2.07. The van der Waals surface area contributed by atoms with Gasteiger partial charge >= 0.3 is 11.9 Å². The number of aromatic nitrogens is 2. The van der Waals surface area contributed by atoms with E-state index in [1.807, 2.05) is 0 Å². The van der Waals surface area contributed by atoms with Gasteiger partial charge in [0.05, 0.1) is 61.2 Å². The summed E-state index contributed by atoms with van der Waals surface area (Å²) in [6.45, 7) is 1.16. The summed E-state index contributed by atoms with van der Waals surface area (Å²) in [5, 5.41) is 39.1. The lowest BCUT2D eigenvalue weighted by Gasteiger charge is -2.34. The largest absolute Gasteiger partial charge is 0.480 e. The molecule has 0 spiro atoms. The number of esters is 1. The van der Waals surface area contributed by atoms with Gasteiger partial charge in [0.2, 0.25) is 41.4 Å². The topological polar surface area (TPSA) is 352 Å². The van der Waals surface area contributed by atoms with Gasteiger partial charge in [0.15, 0.2) is 5.60 Å². The summed E-state index contributed by atoms with van der Waals surface area (Å²) in [6.07, 6.45) is 2.39. The summed E-state index contributed by atoms with van der Waals surface area (Å²) < 4.78 is 28.5. The highest BCUT2D eigenvalue weighted by Crippen LogP contribution is 2.46. The summed E-state index contributed by atoms with van der Waals surface area (Å²) in [5.74, 6) is -9.08. The number of carboxylic acid groups (broad SMARTS) is 1. The van der Waals surface area contributed by atoms with E-state index in [0.717, 1.165) is 10.5 Å². The molecule has 0 bridgehead atoms. The van der Waals surface area contributed by atoms with Crippen LogP contribution in [-0.4, -0.2) is 141 Å². The van der Waals surface area contributed by atoms with Crippen LogP contribution < -0.4 is 42.8 Å². The number of carboxylic acids is 1. The Morgan fingerprint density at radius 2 is 1.59 bits per heavy atom. The molecular weight excluding hydrogens is 1070 g/mol. The van der Waals surface area contributed by atoms with E-state index in [0.29, 0.717) is 83.1 Å². The first-order valence-corrected chi connectivity index (χ1v) is 27.1. The van der Waals surface area contributed by atoms with Gasteiger partial charge in [-0.3, -0.25) is 52.8 Å². The van der Waals surface area contributed by atoms with Crippen LogP contribution in [0.15, 0.2) is 47.3 Å². The molecule has 26 heteroatoms. The Balaban J connectivity index is 0.815. The van der Waals surface area contributed by atoms with E-state index in [1.165, 1.54) is 17.6 Å². The first-order chi connectivity index (χ1) is 39.1. The molecule has 2 aromatic heterocycles. The number of nitrogens with one attached hydrogen (secondary N) is 7. The summed E-state index contributed by atoms with van der Waals surface area (Å²) in [7, 11) is 0. The maximum absolute atomic E-state index is 15.6. The van der Waals surface area contributed by atoms with Crippen molar-refractivity contribution in [2.75, 3.05) is 39.5 Å². The number of imide groups is 1. The van der Waals surface area contributed by atoms with Crippen LogP contribution in [-0.2, 0) is 89.0 Å². The lowest BCUT2D eigenvalue weighted by atomic mass is 9.81. The number of hydrogen-bond acceptors (Lipinski definition) is 16. The SMILES string of the molecule is CC[C@@]1(O)C(=O)OCc2c1cc1n(c2=O)Cc2c-1nc1cc(F)c(C)c3c1c2[C@@H](NC(=O)C1(OCNC(=O)CNC(=O)[C@H](Cc2ccccc2)NC(=O)CNC(=O)CNC(=O)[C@H](CNCC(=O)O)N2C(=O)CC(C)C2=O)CCCC1)CC3. The zero-order valence-corrected chi connectivity index (χ0v) is 45.3. The molecular formula is C56H63FN10O15. The number of hydrogen-bond donors (Lipinski definition) is 9. The number of carbonyl (C=O) groups excluding carboxylic acids is 9. The van der Waals surface area contributed by atoms with E-state index >= 15 is 4.39 Å². The Bertz CT molecular complexity index is 3380. The van der Waals surface area contributed by atoms with E-state index < -0.39 is 145 Å². The fourth-order valence-electron chi connectivity index (χ4n) is 11.6. The van der Waals surface area contributed by atoms with Crippen molar-refractivity contribution >= 4 is 70.1 Å². The molecule has 5 atom stereocenters. The van der Waals surface area contributed by atoms with Gasteiger partial charge in [0.25, 0.3) is 11.5 Å². The van der Waals surface area contributed by atoms with Crippen molar-refractivity contribution in [3.8, 4) is 11.4 Å². The molecule has 5 heterocycles. The molecule has 82 heavy (non-hydrogen) atoms. The number of nitrogens with zero attached hydrogens (tertiary/aromatic N) is 3. The predicted molar refractivity (Wildman–Crippen MR) is 285 cm³/mol. The number of aliphatic carboxylic acids is 1. The number of likely N-dealkylation sites (tertiary alicyclic amines) is 1. The second-order valence-corrected chi connectivity index (χ2v) is 21.2. The van der Waals surface area contributed by atoms with E-state index in [1.54, 1.807) is 50.2 Å². The lowest BCUT2D eigenvalue weighted by molar-refractivity contribution is -0.172. The second kappa shape index (κ2) is 23.9. The van der Waals surface area contributed by atoms with Crippen molar-refractivity contribution in [3.05, 3.63) is 97.6 Å². The molecule has 5 aliphatic rings. The standard InChI is InChI=1S/C56H63FN10O15/c1-4-56(80)34-18-39-48-32(25-66(39)52(77)33(34)26-81-54(56)79)47-36(13-12-31-29(3)35(57)19-37(64-48)46(31)47)65-53(78)55(14-8-9-15-55)82-27-62-42(69)22-60-49(74)38(17-30-10-6-5-7-11-30)63-43(70)23-59-41(68)21-61-50(75)40(20-58-24-45(72)73)67-44(71)16-28(2)51(67)76/h5-7,10-11,18-19,28,36,38,40,58,80H,4,8-9,12-17,20-27H2,1-3H3,(H,59,68)(H,60,74)(H,61,75)(H,62,69)(H,63,70)(H,65,78)(H,72,73)/t28?,36-,38-,40-,56-/m0/s1. The fraction of sp³-hybridized carbons (Fsp3) is 0.464. The first kappa shape index (κ1) is 58.2. The average Bonchev–Trinajstić information content (AvgIpc) is 4.18. The minimum absolute atomic E-state index is 0.0280. The number of pyridine rings is 2. The van der Waals surface area contributed by atoms with Gasteiger partial charge in [-0.2, -0.15) is 0 Å². The molecule has 9 N–H and O–H groups in total. The number of cyclic esters (lactones) is 1. The maximum atomic E-state index is 15.6. The quantitative estimate of drug-likeness (QED) is 0.0241. The number of carbonyl (C=O) groups is 10. The molecule has 2 aliphatic carbocycles. The highest BCUT2D eigenvalue weighted by molar-refractivity contribution is 6.07. The number of fused-ring (bicyclic) bond motifs is 5. The predicted octanol–water partition coefficient (Wildman–Crippen LogP) is -0.452. The summed E-state index contributed by atoms with van der Waals surface area (Å²) in [4.78, 5) is 150. The van der Waals surface area contributed by atoms with Gasteiger partial charge in [0, 0.05) is 47.9 Å². The molecule has 434 valence electrons. The Kier molecular flexibility index (Phi) is 17.0. The van der Waals surface area contributed by atoms with Crippen molar-refractivity contribution in [1.29, 1.82) is 0 Å². The van der Waals surface area contributed by atoms with Crippen molar-refractivity contribution in [2.45, 2.75) is 121 Å². The van der Waals surface area contributed by atoms with Crippen LogP contribution in [0.5, 0.6) is 0 Å². The molecule has 8 amide bonds. The molecule has 25 nitrogen and oxygen atoms in total. The zero-order chi connectivity index (χ0) is 58.8. The number of ether oxygens (including phenoxy) is 2. The van der Waals surface area contributed by atoms with E-state index in [9.17, 15) is 57.8 Å². The lowest BCUT2D eigenvalue weighted by Crippen LogP contribution is -2.56. The Hall–Kier alpha value is -8.49. The van der Waals surface area contributed by atoms with Crippen LogP contribution in [0.25, 0.3) is 22.3 Å². The molecule has 1 saturated carbocycles. The highest BCUT2D eigenvalue weighted by Gasteiger charge is 2.48.